The second-order valence-electron chi connectivity index (χ2n) is 5.54. The van der Waals surface area contributed by atoms with Gasteiger partial charge in [0.15, 0.2) is 0 Å². The lowest BCUT2D eigenvalue weighted by atomic mass is 10.1. The van der Waals surface area contributed by atoms with E-state index in [1.54, 1.807) is 0 Å². The summed E-state index contributed by atoms with van der Waals surface area (Å²) in [6, 6.07) is 10.6. The first kappa shape index (κ1) is 16.2. The molecule has 1 aromatic carbocycles. The van der Waals surface area contributed by atoms with Crippen LogP contribution in [0.1, 0.15) is 39.2 Å². The van der Waals surface area contributed by atoms with Gasteiger partial charge in [0.1, 0.15) is 0 Å². The van der Waals surface area contributed by atoms with Crippen LogP contribution in [0.25, 0.3) is 0 Å². The van der Waals surface area contributed by atoms with Crippen LogP contribution < -0.4 is 5.32 Å². The van der Waals surface area contributed by atoms with Crippen molar-refractivity contribution in [3.05, 3.63) is 35.9 Å². The van der Waals surface area contributed by atoms with Crippen molar-refractivity contribution in [2.75, 3.05) is 19.7 Å². The summed E-state index contributed by atoms with van der Waals surface area (Å²) in [6.07, 6.45) is 3.65. The molecule has 1 aromatic rings. The minimum Gasteiger partial charge on any atom is -0.377 e. The highest BCUT2D eigenvalue weighted by molar-refractivity contribution is 5.14. The van der Waals surface area contributed by atoms with E-state index in [9.17, 15) is 0 Å². The highest BCUT2D eigenvalue weighted by Gasteiger charge is 2.06. The summed E-state index contributed by atoms with van der Waals surface area (Å²) in [6.45, 7) is 9.56. The summed E-state index contributed by atoms with van der Waals surface area (Å²) in [4.78, 5) is 0. The fourth-order valence-electron chi connectivity index (χ4n) is 2.03. The molecule has 19 heavy (non-hydrogen) atoms. The molecular formula is C17H29NO. The third kappa shape index (κ3) is 8.02. The maximum Gasteiger partial charge on any atom is 0.0696 e. The number of rotatable bonds is 10. The van der Waals surface area contributed by atoms with E-state index in [1.807, 2.05) is 0 Å². The van der Waals surface area contributed by atoms with Gasteiger partial charge in [0.05, 0.1) is 6.10 Å². The minimum atomic E-state index is 0.356. The molecule has 0 saturated carbocycles. The minimum absolute atomic E-state index is 0.356. The summed E-state index contributed by atoms with van der Waals surface area (Å²) in [5, 5.41) is 3.47. The third-order valence-electron chi connectivity index (χ3n) is 3.19. The number of ether oxygens (including phenoxy) is 1. The second kappa shape index (κ2) is 9.99. The Balaban J connectivity index is 2.09. The molecular weight excluding hydrogens is 234 g/mol. The Morgan fingerprint density at radius 2 is 1.84 bits per heavy atom. The Bertz CT molecular complexity index is 310. The number of aryl methyl sites for hydroxylation is 1. The molecule has 1 unspecified atom stereocenters. The number of benzene rings is 1. The molecule has 1 rings (SSSR count). The quantitative estimate of drug-likeness (QED) is 0.650. The van der Waals surface area contributed by atoms with Gasteiger partial charge in [-0.2, -0.15) is 0 Å². The Hall–Kier alpha value is -0.860. The van der Waals surface area contributed by atoms with Crippen LogP contribution in [0.5, 0.6) is 0 Å². The first-order valence-electron chi connectivity index (χ1n) is 7.58. The fourth-order valence-corrected chi connectivity index (χ4v) is 2.03. The van der Waals surface area contributed by atoms with Gasteiger partial charge in [0.25, 0.3) is 0 Å². The van der Waals surface area contributed by atoms with E-state index in [-0.39, 0.29) is 0 Å². The van der Waals surface area contributed by atoms with E-state index in [4.69, 9.17) is 4.74 Å². The normalized spacial score (nSPS) is 12.8. The van der Waals surface area contributed by atoms with Crippen LogP contribution in [0.4, 0.5) is 0 Å². The van der Waals surface area contributed by atoms with Crippen LogP contribution >= 0.6 is 0 Å². The summed E-state index contributed by atoms with van der Waals surface area (Å²) in [5.41, 5.74) is 1.40. The van der Waals surface area contributed by atoms with E-state index in [0.717, 1.165) is 39.0 Å². The Morgan fingerprint density at radius 3 is 2.47 bits per heavy atom. The average molecular weight is 263 g/mol. The van der Waals surface area contributed by atoms with Crippen LogP contribution in [0.3, 0.4) is 0 Å². The highest BCUT2D eigenvalue weighted by Crippen LogP contribution is 2.04. The maximum absolute atomic E-state index is 5.93. The molecule has 2 heteroatoms. The van der Waals surface area contributed by atoms with E-state index in [2.05, 4.69) is 56.4 Å². The van der Waals surface area contributed by atoms with Crippen LogP contribution in [-0.4, -0.2) is 25.8 Å². The molecule has 1 N–H and O–H groups in total. The van der Waals surface area contributed by atoms with E-state index in [1.165, 1.54) is 5.56 Å². The maximum atomic E-state index is 5.93. The van der Waals surface area contributed by atoms with Crippen LogP contribution in [0.2, 0.25) is 0 Å². The zero-order valence-corrected chi connectivity index (χ0v) is 12.7. The molecule has 0 aliphatic heterocycles. The van der Waals surface area contributed by atoms with Crippen molar-refractivity contribution in [3.8, 4) is 0 Å². The first-order valence-corrected chi connectivity index (χ1v) is 7.58. The highest BCUT2D eigenvalue weighted by atomic mass is 16.5. The van der Waals surface area contributed by atoms with Gasteiger partial charge < -0.3 is 10.1 Å². The SMILES string of the molecule is CCC(CNCC(C)C)OCCCc1ccccc1. The molecule has 0 heterocycles. The summed E-state index contributed by atoms with van der Waals surface area (Å²) >= 11 is 0. The summed E-state index contributed by atoms with van der Waals surface area (Å²) in [5.74, 6) is 0.704. The molecule has 0 aliphatic carbocycles. The number of hydrogen-bond donors (Lipinski definition) is 1. The molecule has 2 nitrogen and oxygen atoms in total. The Labute approximate surface area is 118 Å². The van der Waals surface area contributed by atoms with Gasteiger partial charge in [-0.15, -0.1) is 0 Å². The largest absolute Gasteiger partial charge is 0.377 e. The van der Waals surface area contributed by atoms with Crippen molar-refractivity contribution in [1.29, 1.82) is 0 Å². The molecule has 0 radical (unpaired) electrons. The Kier molecular flexibility index (Phi) is 8.52. The van der Waals surface area contributed by atoms with Gasteiger partial charge in [-0.3, -0.25) is 0 Å². The molecule has 0 saturated heterocycles. The van der Waals surface area contributed by atoms with Gasteiger partial charge >= 0.3 is 0 Å². The van der Waals surface area contributed by atoms with Gasteiger partial charge in [-0.1, -0.05) is 51.1 Å². The van der Waals surface area contributed by atoms with Crippen molar-refractivity contribution in [3.63, 3.8) is 0 Å². The van der Waals surface area contributed by atoms with Gasteiger partial charge in [0, 0.05) is 13.2 Å². The van der Waals surface area contributed by atoms with Gasteiger partial charge in [-0.25, -0.2) is 0 Å². The predicted molar refractivity (Wildman–Crippen MR) is 82.5 cm³/mol. The molecule has 0 fully saturated rings. The van der Waals surface area contributed by atoms with Crippen LogP contribution in [0, 0.1) is 5.92 Å². The standard InChI is InChI=1S/C17H29NO/c1-4-17(14-18-13-15(2)3)19-12-8-11-16-9-6-5-7-10-16/h5-7,9-10,15,17-18H,4,8,11-14H2,1-3H3. The summed E-state index contributed by atoms with van der Waals surface area (Å²) < 4.78 is 5.93. The molecule has 0 amide bonds. The van der Waals surface area contributed by atoms with Gasteiger partial charge in [-0.05, 0) is 37.3 Å². The number of nitrogens with one attached hydrogen (secondary N) is 1. The first-order chi connectivity index (χ1) is 9.22. The lowest BCUT2D eigenvalue weighted by Crippen LogP contribution is -2.31. The molecule has 1 atom stereocenters. The van der Waals surface area contributed by atoms with E-state index in [0.29, 0.717) is 12.0 Å². The lowest BCUT2D eigenvalue weighted by Gasteiger charge is -2.17. The second-order valence-corrected chi connectivity index (χ2v) is 5.54. The van der Waals surface area contributed by atoms with Crippen LogP contribution in [0.15, 0.2) is 30.3 Å². The fraction of sp³-hybridized carbons (Fsp3) is 0.647. The zero-order valence-electron chi connectivity index (χ0n) is 12.7. The predicted octanol–water partition coefficient (Wildman–Crippen LogP) is 3.66. The van der Waals surface area contributed by atoms with Crippen LogP contribution in [-0.2, 0) is 11.2 Å². The third-order valence-corrected chi connectivity index (χ3v) is 3.19. The zero-order chi connectivity index (χ0) is 13.9. The topological polar surface area (TPSA) is 21.3 Å². The van der Waals surface area contributed by atoms with Crippen molar-refractivity contribution in [2.24, 2.45) is 5.92 Å². The Morgan fingerprint density at radius 1 is 1.11 bits per heavy atom. The summed E-state index contributed by atoms with van der Waals surface area (Å²) in [7, 11) is 0. The molecule has 0 spiro atoms. The van der Waals surface area contributed by atoms with Gasteiger partial charge in [0.2, 0.25) is 0 Å². The number of hydrogen-bond acceptors (Lipinski definition) is 2. The molecule has 108 valence electrons. The molecule has 0 aromatic heterocycles. The monoisotopic (exact) mass is 263 g/mol. The smallest absolute Gasteiger partial charge is 0.0696 e. The van der Waals surface area contributed by atoms with E-state index >= 15 is 0 Å². The van der Waals surface area contributed by atoms with Crippen molar-refractivity contribution in [1.82, 2.24) is 5.32 Å². The lowest BCUT2D eigenvalue weighted by molar-refractivity contribution is 0.0490. The van der Waals surface area contributed by atoms with Crippen molar-refractivity contribution >= 4 is 0 Å². The van der Waals surface area contributed by atoms with Crippen molar-refractivity contribution < 1.29 is 4.74 Å². The molecule has 0 aliphatic rings. The van der Waals surface area contributed by atoms with Crippen molar-refractivity contribution in [2.45, 2.75) is 46.1 Å². The average Bonchev–Trinajstić information content (AvgIpc) is 2.42. The molecule has 0 bridgehead atoms. The van der Waals surface area contributed by atoms with E-state index < -0.39 is 0 Å².